The van der Waals surface area contributed by atoms with Crippen molar-refractivity contribution in [1.29, 1.82) is 0 Å². The Labute approximate surface area is 120 Å². The highest BCUT2D eigenvalue weighted by Crippen LogP contribution is 2.26. The van der Waals surface area contributed by atoms with E-state index in [1.165, 1.54) is 0 Å². The summed E-state index contributed by atoms with van der Waals surface area (Å²) in [5.74, 6) is 0. The van der Waals surface area contributed by atoms with Crippen LogP contribution in [0.2, 0.25) is 0 Å². The molecule has 1 aliphatic carbocycles. The molecule has 1 aliphatic rings. The summed E-state index contributed by atoms with van der Waals surface area (Å²) in [5.41, 5.74) is 0.578. The monoisotopic (exact) mass is 298 g/mol. The number of anilines is 1. The molecule has 1 aromatic rings. The van der Waals surface area contributed by atoms with E-state index < -0.39 is 16.1 Å². The Balaban J connectivity index is 2.17. The van der Waals surface area contributed by atoms with Gasteiger partial charge in [-0.3, -0.25) is 0 Å². The number of para-hydroxylation sites is 1. The van der Waals surface area contributed by atoms with Gasteiger partial charge in [-0.2, -0.15) is 0 Å². The lowest BCUT2D eigenvalue weighted by molar-refractivity contribution is 0.179. The van der Waals surface area contributed by atoms with E-state index in [0.717, 1.165) is 12.8 Å². The van der Waals surface area contributed by atoms with E-state index in [-0.39, 0.29) is 17.0 Å². The van der Waals surface area contributed by atoms with E-state index in [0.29, 0.717) is 12.1 Å². The highest BCUT2D eigenvalue weighted by atomic mass is 32.2. The minimum absolute atomic E-state index is 0.00715. The first kappa shape index (κ1) is 15.3. The number of nitrogens with one attached hydrogen (secondary N) is 2. The standard InChI is InChI=1S/C14H22N2O3S/c1-10(9-11(2)17)15-13-5-3-4-6-14(13)20(18,19)16-12-7-8-12/h3-6,10-12,15-17H,7-9H2,1-2H3. The molecule has 5 nitrogen and oxygen atoms in total. The highest BCUT2D eigenvalue weighted by molar-refractivity contribution is 7.89. The zero-order valence-electron chi connectivity index (χ0n) is 11.8. The van der Waals surface area contributed by atoms with Crippen molar-refractivity contribution in [3.05, 3.63) is 24.3 Å². The Kier molecular flexibility index (Phi) is 4.67. The maximum Gasteiger partial charge on any atom is 0.242 e. The van der Waals surface area contributed by atoms with Crippen molar-refractivity contribution < 1.29 is 13.5 Å². The molecule has 6 heteroatoms. The third-order valence-electron chi connectivity index (χ3n) is 3.17. The molecule has 2 rings (SSSR count). The van der Waals surface area contributed by atoms with Crippen LogP contribution >= 0.6 is 0 Å². The van der Waals surface area contributed by atoms with Gasteiger partial charge >= 0.3 is 0 Å². The van der Waals surface area contributed by atoms with Crippen LogP contribution in [0.5, 0.6) is 0 Å². The summed E-state index contributed by atoms with van der Waals surface area (Å²) < 4.78 is 27.3. The fourth-order valence-corrected chi connectivity index (χ4v) is 3.62. The van der Waals surface area contributed by atoms with E-state index in [2.05, 4.69) is 10.0 Å². The van der Waals surface area contributed by atoms with Crippen molar-refractivity contribution in [2.24, 2.45) is 0 Å². The summed E-state index contributed by atoms with van der Waals surface area (Å²) in [5, 5.41) is 12.5. The summed E-state index contributed by atoms with van der Waals surface area (Å²) in [6.45, 7) is 3.64. The average molecular weight is 298 g/mol. The Bertz CT molecular complexity index is 553. The summed E-state index contributed by atoms with van der Waals surface area (Å²) in [6, 6.07) is 6.94. The second-order valence-corrected chi connectivity index (χ2v) is 7.20. The second-order valence-electron chi connectivity index (χ2n) is 5.52. The molecule has 1 fully saturated rings. The molecule has 0 aliphatic heterocycles. The molecule has 0 radical (unpaired) electrons. The van der Waals surface area contributed by atoms with Gasteiger partial charge in [0.05, 0.1) is 11.8 Å². The lowest BCUT2D eigenvalue weighted by Gasteiger charge is -2.19. The third-order valence-corrected chi connectivity index (χ3v) is 4.75. The van der Waals surface area contributed by atoms with Gasteiger partial charge in [0.25, 0.3) is 0 Å². The minimum Gasteiger partial charge on any atom is -0.393 e. The lowest BCUT2D eigenvalue weighted by Crippen LogP contribution is -2.28. The molecular formula is C14H22N2O3S. The first-order valence-corrected chi connectivity index (χ1v) is 8.43. The SMILES string of the molecule is CC(O)CC(C)Nc1ccccc1S(=O)(=O)NC1CC1. The molecule has 0 heterocycles. The van der Waals surface area contributed by atoms with Crippen LogP contribution < -0.4 is 10.0 Å². The van der Waals surface area contributed by atoms with Crippen LogP contribution in [0.4, 0.5) is 5.69 Å². The Hall–Kier alpha value is -1.11. The number of aliphatic hydroxyl groups is 1. The Morgan fingerprint density at radius 3 is 2.55 bits per heavy atom. The Morgan fingerprint density at radius 2 is 1.95 bits per heavy atom. The molecule has 20 heavy (non-hydrogen) atoms. The molecule has 0 amide bonds. The maximum atomic E-state index is 12.3. The number of rotatable bonds is 7. The van der Waals surface area contributed by atoms with Crippen LogP contribution in [0.3, 0.4) is 0 Å². The summed E-state index contributed by atoms with van der Waals surface area (Å²) in [4.78, 5) is 0.268. The topological polar surface area (TPSA) is 78.4 Å². The molecule has 3 N–H and O–H groups in total. The molecule has 1 saturated carbocycles. The summed E-state index contributed by atoms with van der Waals surface area (Å²) in [7, 11) is -3.48. The molecule has 0 aromatic heterocycles. The molecule has 2 unspecified atom stereocenters. The van der Waals surface area contributed by atoms with Crippen molar-refractivity contribution in [3.63, 3.8) is 0 Å². The second kappa shape index (κ2) is 6.11. The van der Waals surface area contributed by atoms with Crippen LogP contribution in [0.1, 0.15) is 33.1 Å². The van der Waals surface area contributed by atoms with Crippen LogP contribution in [0, 0.1) is 0 Å². The molecule has 2 atom stereocenters. The van der Waals surface area contributed by atoms with Crippen molar-refractivity contribution in [1.82, 2.24) is 4.72 Å². The number of hydrogen-bond donors (Lipinski definition) is 3. The van der Waals surface area contributed by atoms with Crippen LogP contribution in [0.25, 0.3) is 0 Å². The van der Waals surface area contributed by atoms with Crippen LogP contribution in [-0.4, -0.2) is 31.7 Å². The lowest BCUT2D eigenvalue weighted by atomic mass is 10.1. The molecule has 0 spiro atoms. The average Bonchev–Trinajstić information content (AvgIpc) is 3.11. The molecule has 0 saturated heterocycles. The highest BCUT2D eigenvalue weighted by Gasteiger charge is 2.29. The van der Waals surface area contributed by atoms with Gasteiger partial charge in [-0.15, -0.1) is 0 Å². The van der Waals surface area contributed by atoms with Gasteiger partial charge < -0.3 is 10.4 Å². The smallest absolute Gasteiger partial charge is 0.242 e. The summed E-state index contributed by atoms with van der Waals surface area (Å²) in [6.07, 6.45) is 1.95. The summed E-state index contributed by atoms with van der Waals surface area (Å²) >= 11 is 0. The van der Waals surface area contributed by atoms with E-state index in [4.69, 9.17) is 0 Å². The van der Waals surface area contributed by atoms with E-state index in [1.807, 2.05) is 6.92 Å². The fourth-order valence-electron chi connectivity index (χ4n) is 2.14. The van der Waals surface area contributed by atoms with Gasteiger partial charge in [0.2, 0.25) is 10.0 Å². The normalized spacial score (nSPS) is 18.6. The molecule has 1 aromatic carbocycles. The van der Waals surface area contributed by atoms with Gasteiger partial charge in [-0.1, -0.05) is 12.1 Å². The van der Waals surface area contributed by atoms with Gasteiger partial charge in [0.15, 0.2) is 0 Å². The zero-order chi connectivity index (χ0) is 14.8. The first-order valence-electron chi connectivity index (χ1n) is 6.94. The predicted octanol–water partition coefficient (Wildman–Crippen LogP) is 1.70. The first-order chi connectivity index (χ1) is 9.38. The van der Waals surface area contributed by atoms with Crippen molar-refractivity contribution in [3.8, 4) is 0 Å². The zero-order valence-corrected chi connectivity index (χ0v) is 12.7. The van der Waals surface area contributed by atoms with Crippen LogP contribution in [0.15, 0.2) is 29.2 Å². The van der Waals surface area contributed by atoms with Crippen molar-refractivity contribution >= 4 is 15.7 Å². The van der Waals surface area contributed by atoms with Crippen molar-refractivity contribution in [2.45, 2.75) is 56.2 Å². The predicted molar refractivity (Wildman–Crippen MR) is 79.2 cm³/mol. The molecule has 112 valence electrons. The van der Waals surface area contributed by atoms with Gasteiger partial charge in [0, 0.05) is 12.1 Å². The third kappa shape index (κ3) is 4.19. The fraction of sp³-hybridized carbons (Fsp3) is 0.571. The number of sulfonamides is 1. The van der Waals surface area contributed by atoms with Gasteiger partial charge in [-0.05, 0) is 45.2 Å². The van der Waals surface area contributed by atoms with Gasteiger partial charge in [0.1, 0.15) is 4.90 Å². The largest absolute Gasteiger partial charge is 0.393 e. The Morgan fingerprint density at radius 1 is 1.30 bits per heavy atom. The number of benzene rings is 1. The maximum absolute atomic E-state index is 12.3. The van der Waals surface area contributed by atoms with E-state index >= 15 is 0 Å². The van der Waals surface area contributed by atoms with E-state index in [9.17, 15) is 13.5 Å². The van der Waals surface area contributed by atoms with Gasteiger partial charge in [-0.25, -0.2) is 13.1 Å². The minimum atomic E-state index is -3.48. The van der Waals surface area contributed by atoms with E-state index in [1.54, 1.807) is 31.2 Å². The number of hydrogen-bond acceptors (Lipinski definition) is 4. The quantitative estimate of drug-likeness (QED) is 0.716. The molecule has 0 bridgehead atoms. The van der Waals surface area contributed by atoms with Crippen molar-refractivity contribution in [2.75, 3.05) is 5.32 Å². The number of aliphatic hydroxyl groups excluding tert-OH is 1. The molecular weight excluding hydrogens is 276 g/mol. The van der Waals surface area contributed by atoms with Crippen LogP contribution in [-0.2, 0) is 10.0 Å².